The zero-order chi connectivity index (χ0) is 11.8. The van der Waals surface area contributed by atoms with Gasteiger partial charge in [0.2, 0.25) is 5.91 Å². The first-order valence-corrected chi connectivity index (χ1v) is 5.87. The van der Waals surface area contributed by atoms with Gasteiger partial charge >= 0.3 is 0 Å². The first kappa shape index (κ1) is 13.2. The molecule has 1 aliphatic heterocycles. The van der Waals surface area contributed by atoms with Gasteiger partial charge in [-0.15, -0.1) is 6.58 Å². The summed E-state index contributed by atoms with van der Waals surface area (Å²) in [6, 6.07) is 0. The van der Waals surface area contributed by atoms with Crippen molar-refractivity contribution in [1.29, 1.82) is 0 Å². The minimum absolute atomic E-state index is 0.132. The van der Waals surface area contributed by atoms with Gasteiger partial charge in [-0.3, -0.25) is 4.79 Å². The number of carbonyl (C=O) groups excluding carboxylic acids is 1. The van der Waals surface area contributed by atoms with E-state index in [-0.39, 0.29) is 5.91 Å². The lowest BCUT2D eigenvalue weighted by molar-refractivity contribution is -0.130. The van der Waals surface area contributed by atoms with Gasteiger partial charge in [0.1, 0.15) is 0 Å². The molecule has 1 rings (SSSR count). The average molecular weight is 226 g/mol. The van der Waals surface area contributed by atoms with Crippen molar-refractivity contribution >= 4 is 5.91 Å². The molecule has 1 atom stereocenters. The van der Waals surface area contributed by atoms with Crippen molar-refractivity contribution < 1.29 is 9.53 Å². The van der Waals surface area contributed by atoms with Crippen molar-refractivity contribution in [2.75, 3.05) is 39.9 Å². The third-order valence-corrected chi connectivity index (χ3v) is 2.78. The maximum Gasteiger partial charge on any atom is 0.236 e. The molecule has 1 fully saturated rings. The highest BCUT2D eigenvalue weighted by atomic mass is 16.5. The van der Waals surface area contributed by atoms with Gasteiger partial charge in [0.15, 0.2) is 0 Å². The molecule has 0 aromatic heterocycles. The number of carbonyl (C=O) groups is 1. The molecule has 0 saturated carbocycles. The summed E-state index contributed by atoms with van der Waals surface area (Å²) in [6.07, 6.45) is 4.03. The molecule has 0 aliphatic carbocycles. The summed E-state index contributed by atoms with van der Waals surface area (Å²) in [5, 5.41) is 3.01. The summed E-state index contributed by atoms with van der Waals surface area (Å²) in [5.74, 6) is 0.634. The number of hydrogen-bond acceptors (Lipinski definition) is 3. The summed E-state index contributed by atoms with van der Waals surface area (Å²) < 4.78 is 5.39. The molecular formula is C12H22N2O2. The fourth-order valence-electron chi connectivity index (χ4n) is 1.86. The molecule has 0 spiro atoms. The smallest absolute Gasteiger partial charge is 0.236 e. The van der Waals surface area contributed by atoms with E-state index in [0.29, 0.717) is 19.0 Å². The number of hydrogen-bond donors (Lipinski definition) is 1. The number of amides is 1. The van der Waals surface area contributed by atoms with Crippen LogP contribution in [0, 0.1) is 5.92 Å². The largest absolute Gasteiger partial charge is 0.381 e. The molecule has 0 bridgehead atoms. The van der Waals surface area contributed by atoms with Crippen LogP contribution < -0.4 is 5.32 Å². The van der Waals surface area contributed by atoms with E-state index in [0.717, 1.165) is 32.6 Å². The van der Waals surface area contributed by atoms with Crippen LogP contribution in [0.15, 0.2) is 12.7 Å². The van der Waals surface area contributed by atoms with Gasteiger partial charge in [-0.2, -0.15) is 0 Å². The van der Waals surface area contributed by atoms with E-state index >= 15 is 0 Å². The minimum Gasteiger partial charge on any atom is -0.381 e. The van der Waals surface area contributed by atoms with Crippen molar-refractivity contribution in [1.82, 2.24) is 10.2 Å². The van der Waals surface area contributed by atoms with Crippen molar-refractivity contribution in [2.45, 2.75) is 12.8 Å². The second-order valence-corrected chi connectivity index (χ2v) is 4.28. The first-order chi connectivity index (χ1) is 7.74. The van der Waals surface area contributed by atoms with Gasteiger partial charge in [0.25, 0.3) is 0 Å². The second kappa shape index (κ2) is 7.41. The fourth-order valence-corrected chi connectivity index (χ4v) is 1.86. The van der Waals surface area contributed by atoms with Gasteiger partial charge in [-0.05, 0) is 18.8 Å². The predicted molar refractivity (Wildman–Crippen MR) is 64.2 cm³/mol. The molecule has 16 heavy (non-hydrogen) atoms. The Morgan fingerprint density at radius 1 is 1.69 bits per heavy atom. The van der Waals surface area contributed by atoms with Crippen molar-refractivity contribution in [3.63, 3.8) is 0 Å². The van der Waals surface area contributed by atoms with E-state index in [1.807, 2.05) is 7.05 Å². The zero-order valence-corrected chi connectivity index (χ0v) is 10.1. The maximum absolute atomic E-state index is 11.7. The van der Waals surface area contributed by atoms with Gasteiger partial charge in [0.05, 0.1) is 13.2 Å². The Labute approximate surface area is 97.6 Å². The predicted octanol–water partition coefficient (Wildman–Crippen LogP) is 0.647. The number of nitrogens with zero attached hydrogens (tertiary/aromatic N) is 1. The second-order valence-electron chi connectivity index (χ2n) is 4.28. The number of likely N-dealkylation sites (N-methyl/N-ethyl adjacent to an activating group) is 1. The van der Waals surface area contributed by atoms with E-state index in [1.54, 1.807) is 11.0 Å². The Hall–Kier alpha value is -0.870. The summed E-state index contributed by atoms with van der Waals surface area (Å²) in [5.41, 5.74) is 0. The van der Waals surface area contributed by atoms with Crippen LogP contribution in [0.3, 0.4) is 0 Å². The summed E-state index contributed by atoms with van der Waals surface area (Å²) in [7, 11) is 1.85. The van der Waals surface area contributed by atoms with E-state index in [1.165, 1.54) is 0 Å². The molecule has 0 aromatic rings. The van der Waals surface area contributed by atoms with Crippen LogP contribution in [0.2, 0.25) is 0 Å². The lowest BCUT2D eigenvalue weighted by Gasteiger charge is -2.27. The van der Waals surface area contributed by atoms with E-state index in [9.17, 15) is 4.79 Å². The molecule has 1 N–H and O–H groups in total. The maximum atomic E-state index is 11.7. The molecule has 4 heteroatoms. The first-order valence-electron chi connectivity index (χ1n) is 5.87. The third kappa shape index (κ3) is 4.77. The van der Waals surface area contributed by atoms with Crippen LogP contribution in [-0.2, 0) is 9.53 Å². The number of nitrogens with one attached hydrogen (secondary N) is 1. The SMILES string of the molecule is C=CCNCC(=O)N(C)CC1CCCOC1. The van der Waals surface area contributed by atoms with Crippen LogP contribution in [0.25, 0.3) is 0 Å². The van der Waals surface area contributed by atoms with E-state index in [4.69, 9.17) is 4.74 Å². The van der Waals surface area contributed by atoms with E-state index < -0.39 is 0 Å². The average Bonchev–Trinajstić information content (AvgIpc) is 2.30. The van der Waals surface area contributed by atoms with Gasteiger partial charge < -0.3 is 15.0 Å². The lowest BCUT2D eigenvalue weighted by atomic mass is 10.0. The van der Waals surface area contributed by atoms with Crippen LogP contribution in [0.4, 0.5) is 0 Å². The van der Waals surface area contributed by atoms with Crippen molar-refractivity contribution in [2.24, 2.45) is 5.92 Å². The van der Waals surface area contributed by atoms with Gasteiger partial charge in [0, 0.05) is 26.7 Å². The van der Waals surface area contributed by atoms with E-state index in [2.05, 4.69) is 11.9 Å². The summed E-state index contributed by atoms with van der Waals surface area (Å²) >= 11 is 0. The summed E-state index contributed by atoms with van der Waals surface area (Å²) in [4.78, 5) is 13.5. The highest BCUT2D eigenvalue weighted by Crippen LogP contribution is 2.14. The minimum atomic E-state index is 0.132. The molecule has 0 aromatic carbocycles. The molecular weight excluding hydrogens is 204 g/mol. The highest BCUT2D eigenvalue weighted by Gasteiger charge is 2.18. The van der Waals surface area contributed by atoms with Crippen molar-refractivity contribution in [3.05, 3.63) is 12.7 Å². The Kier molecular flexibility index (Phi) is 6.11. The van der Waals surface area contributed by atoms with Crippen LogP contribution in [0.5, 0.6) is 0 Å². The van der Waals surface area contributed by atoms with Crippen LogP contribution >= 0.6 is 0 Å². The molecule has 1 saturated heterocycles. The lowest BCUT2D eigenvalue weighted by Crippen LogP contribution is -2.39. The topological polar surface area (TPSA) is 41.6 Å². The molecule has 92 valence electrons. The third-order valence-electron chi connectivity index (χ3n) is 2.78. The molecule has 0 radical (unpaired) electrons. The monoisotopic (exact) mass is 226 g/mol. The number of rotatable bonds is 6. The molecule has 4 nitrogen and oxygen atoms in total. The number of ether oxygens (including phenoxy) is 1. The van der Waals surface area contributed by atoms with Crippen LogP contribution in [-0.4, -0.2) is 50.7 Å². The van der Waals surface area contributed by atoms with Crippen molar-refractivity contribution in [3.8, 4) is 0 Å². The quantitative estimate of drug-likeness (QED) is 0.534. The molecule has 1 amide bonds. The summed E-state index contributed by atoms with van der Waals surface area (Å²) in [6.45, 7) is 7.11. The molecule has 1 heterocycles. The highest BCUT2D eigenvalue weighted by molar-refractivity contribution is 5.77. The Bertz CT molecular complexity index is 225. The zero-order valence-electron chi connectivity index (χ0n) is 10.1. The standard InChI is InChI=1S/C12H22N2O2/c1-3-6-13-8-12(15)14(2)9-11-5-4-7-16-10-11/h3,11,13H,1,4-10H2,2H3. The Morgan fingerprint density at radius 3 is 3.12 bits per heavy atom. The molecule has 1 aliphatic rings. The fraction of sp³-hybridized carbons (Fsp3) is 0.750. The van der Waals surface area contributed by atoms with Crippen LogP contribution in [0.1, 0.15) is 12.8 Å². The Morgan fingerprint density at radius 2 is 2.50 bits per heavy atom. The Balaban J connectivity index is 2.19. The normalized spacial score (nSPS) is 20.4. The van der Waals surface area contributed by atoms with Gasteiger partial charge in [-0.1, -0.05) is 6.08 Å². The van der Waals surface area contributed by atoms with Gasteiger partial charge in [-0.25, -0.2) is 0 Å². The molecule has 1 unspecified atom stereocenters.